The van der Waals surface area contributed by atoms with Crippen molar-refractivity contribution in [3.8, 4) is 0 Å². The topological polar surface area (TPSA) is 64.7 Å². The molecular formula is C20H24BrN5O. The Morgan fingerprint density at radius 2 is 1.85 bits per heavy atom. The Balaban J connectivity index is 1.72. The normalized spacial score (nSPS) is 11.0. The Bertz CT molecular complexity index is 1000. The van der Waals surface area contributed by atoms with Crippen molar-refractivity contribution >= 4 is 21.8 Å². The summed E-state index contributed by atoms with van der Waals surface area (Å²) in [6.07, 6.45) is 0. The summed E-state index contributed by atoms with van der Waals surface area (Å²) in [6, 6.07) is 7.67. The van der Waals surface area contributed by atoms with Gasteiger partial charge in [0.1, 0.15) is 0 Å². The molecule has 1 N–H and O–H groups in total. The molecule has 0 bridgehead atoms. The molecule has 2 heterocycles. The number of aromatic nitrogens is 4. The smallest absolute Gasteiger partial charge is 0.251 e. The average molecular weight is 430 g/mol. The summed E-state index contributed by atoms with van der Waals surface area (Å²) in [4.78, 5) is 12.6. The van der Waals surface area contributed by atoms with Crippen LogP contribution in [0.3, 0.4) is 0 Å². The fourth-order valence-corrected chi connectivity index (χ4v) is 3.44. The first-order valence-electron chi connectivity index (χ1n) is 8.83. The zero-order chi connectivity index (χ0) is 19.7. The molecule has 6 nitrogen and oxygen atoms in total. The van der Waals surface area contributed by atoms with Crippen LogP contribution in [0.2, 0.25) is 0 Å². The quantitative estimate of drug-likeness (QED) is 0.673. The van der Waals surface area contributed by atoms with Crippen molar-refractivity contribution in [2.45, 2.75) is 40.8 Å². The van der Waals surface area contributed by atoms with Gasteiger partial charge in [0.15, 0.2) is 0 Å². The molecule has 1 aromatic carbocycles. The molecule has 0 fully saturated rings. The number of carbonyl (C=O) groups is 1. The predicted octanol–water partition coefficient (Wildman–Crippen LogP) is 3.59. The van der Waals surface area contributed by atoms with Gasteiger partial charge in [-0.25, -0.2) is 0 Å². The van der Waals surface area contributed by atoms with Gasteiger partial charge in [0.2, 0.25) is 0 Å². The molecule has 142 valence electrons. The highest BCUT2D eigenvalue weighted by Gasteiger charge is 2.13. The van der Waals surface area contributed by atoms with Gasteiger partial charge >= 0.3 is 0 Å². The van der Waals surface area contributed by atoms with Crippen LogP contribution in [-0.4, -0.2) is 25.5 Å². The second-order valence-corrected chi connectivity index (χ2v) is 7.59. The molecule has 27 heavy (non-hydrogen) atoms. The van der Waals surface area contributed by atoms with Crippen LogP contribution in [0, 0.1) is 27.7 Å². The lowest BCUT2D eigenvalue weighted by Crippen LogP contribution is -2.23. The zero-order valence-electron chi connectivity index (χ0n) is 16.3. The Morgan fingerprint density at radius 1 is 1.11 bits per heavy atom. The number of rotatable bonds is 5. The van der Waals surface area contributed by atoms with Gasteiger partial charge in [-0.05, 0) is 61.3 Å². The maximum absolute atomic E-state index is 12.6. The number of hydrogen-bond acceptors (Lipinski definition) is 3. The van der Waals surface area contributed by atoms with E-state index in [-0.39, 0.29) is 5.91 Å². The molecule has 0 unspecified atom stereocenters. The largest absolute Gasteiger partial charge is 0.348 e. The lowest BCUT2D eigenvalue weighted by atomic mass is 10.1. The molecule has 0 aliphatic carbocycles. The number of benzene rings is 1. The van der Waals surface area contributed by atoms with Crippen molar-refractivity contribution in [1.82, 2.24) is 24.9 Å². The minimum absolute atomic E-state index is 0.0888. The molecule has 0 spiro atoms. The van der Waals surface area contributed by atoms with Crippen LogP contribution in [-0.2, 0) is 20.1 Å². The molecule has 0 atom stereocenters. The predicted molar refractivity (Wildman–Crippen MR) is 109 cm³/mol. The fraction of sp³-hybridized carbons (Fsp3) is 0.350. The molecule has 7 heteroatoms. The highest BCUT2D eigenvalue weighted by molar-refractivity contribution is 9.10. The molecule has 0 aliphatic heterocycles. The first-order valence-corrected chi connectivity index (χ1v) is 9.63. The molecular weight excluding hydrogens is 406 g/mol. The molecule has 0 radical (unpaired) electrons. The first kappa shape index (κ1) is 19.4. The van der Waals surface area contributed by atoms with Gasteiger partial charge in [-0.15, -0.1) is 0 Å². The molecule has 0 saturated carbocycles. The Morgan fingerprint density at radius 3 is 2.44 bits per heavy atom. The summed E-state index contributed by atoms with van der Waals surface area (Å²) < 4.78 is 4.81. The van der Waals surface area contributed by atoms with E-state index in [2.05, 4.69) is 31.4 Å². The van der Waals surface area contributed by atoms with Crippen LogP contribution < -0.4 is 5.32 Å². The van der Waals surface area contributed by atoms with Crippen LogP contribution >= 0.6 is 15.9 Å². The third-order valence-corrected chi connectivity index (χ3v) is 6.05. The lowest BCUT2D eigenvalue weighted by molar-refractivity contribution is 0.0950. The summed E-state index contributed by atoms with van der Waals surface area (Å²) in [5.41, 5.74) is 6.79. The van der Waals surface area contributed by atoms with Gasteiger partial charge in [0.25, 0.3) is 5.91 Å². The van der Waals surface area contributed by atoms with E-state index in [0.717, 1.165) is 38.4 Å². The molecule has 1 amide bonds. The highest BCUT2D eigenvalue weighted by atomic mass is 79.9. The van der Waals surface area contributed by atoms with Crippen LogP contribution in [0.5, 0.6) is 0 Å². The minimum Gasteiger partial charge on any atom is -0.348 e. The molecule has 2 aromatic heterocycles. The number of nitrogens with one attached hydrogen (secondary N) is 1. The monoisotopic (exact) mass is 429 g/mol. The van der Waals surface area contributed by atoms with Crippen molar-refractivity contribution < 1.29 is 4.79 Å². The van der Waals surface area contributed by atoms with E-state index in [1.807, 2.05) is 68.4 Å². The average Bonchev–Trinajstić information content (AvgIpc) is 3.02. The number of nitrogens with zero attached hydrogens (tertiary/aromatic N) is 4. The number of aryl methyl sites for hydroxylation is 3. The molecule has 0 saturated heterocycles. The number of carbonyl (C=O) groups excluding carboxylic acids is 1. The number of amides is 1. The van der Waals surface area contributed by atoms with Gasteiger partial charge in [-0.1, -0.05) is 12.1 Å². The summed E-state index contributed by atoms with van der Waals surface area (Å²) >= 11 is 3.55. The van der Waals surface area contributed by atoms with Crippen molar-refractivity contribution in [3.63, 3.8) is 0 Å². The minimum atomic E-state index is -0.0888. The maximum atomic E-state index is 12.6. The van der Waals surface area contributed by atoms with Crippen LogP contribution in [0.15, 0.2) is 28.7 Å². The third kappa shape index (κ3) is 3.98. The van der Waals surface area contributed by atoms with E-state index >= 15 is 0 Å². The van der Waals surface area contributed by atoms with Gasteiger partial charge in [-0.3, -0.25) is 14.2 Å². The Kier molecular flexibility index (Phi) is 5.51. The zero-order valence-corrected chi connectivity index (χ0v) is 17.9. The second kappa shape index (κ2) is 7.68. The maximum Gasteiger partial charge on any atom is 0.251 e. The summed E-state index contributed by atoms with van der Waals surface area (Å²) in [7, 11) is 1.91. The van der Waals surface area contributed by atoms with E-state index in [1.165, 1.54) is 0 Å². The van der Waals surface area contributed by atoms with Crippen molar-refractivity contribution in [2.75, 3.05) is 0 Å². The fourth-order valence-electron chi connectivity index (χ4n) is 3.16. The van der Waals surface area contributed by atoms with E-state index in [4.69, 9.17) is 0 Å². The molecule has 0 aliphatic rings. The Hall–Kier alpha value is -2.41. The molecule has 3 rings (SSSR count). The van der Waals surface area contributed by atoms with Crippen molar-refractivity contribution in [1.29, 1.82) is 0 Å². The van der Waals surface area contributed by atoms with Gasteiger partial charge in [0.05, 0.1) is 28.1 Å². The van der Waals surface area contributed by atoms with Crippen LogP contribution in [0.25, 0.3) is 0 Å². The van der Waals surface area contributed by atoms with Gasteiger partial charge < -0.3 is 5.32 Å². The number of halogens is 1. The first-order chi connectivity index (χ1) is 12.8. The standard InChI is InChI=1S/C20H24BrN5O/c1-12-18(14(3)25(5)23-12)10-22-20(27)17-8-6-7-16(9-17)11-26-15(4)19(21)13(2)24-26/h6-9H,10-11H2,1-5H3,(H,22,27). The summed E-state index contributed by atoms with van der Waals surface area (Å²) in [5.74, 6) is -0.0888. The summed E-state index contributed by atoms with van der Waals surface area (Å²) in [6.45, 7) is 9.06. The second-order valence-electron chi connectivity index (χ2n) is 6.80. The van der Waals surface area contributed by atoms with Crippen molar-refractivity contribution in [2.24, 2.45) is 7.05 Å². The van der Waals surface area contributed by atoms with E-state index in [0.29, 0.717) is 18.7 Å². The van der Waals surface area contributed by atoms with E-state index in [1.54, 1.807) is 0 Å². The molecule has 3 aromatic rings. The third-order valence-electron chi connectivity index (χ3n) is 4.90. The van der Waals surface area contributed by atoms with Gasteiger partial charge in [0, 0.05) is 30.4 Å². The van der Waals surface area contributed by atoms with Crippen LogP contribution in [0.1, 0.15) is 44.3 Å². The SMILES string of the molecule is Cc1nn(Cc2cccc(C(=O)NCc3c(C)nn(C)c3C)c2)c(C)c1Br. The van der Waals surface area contributed by atoms with Crippen molar-refractivity contribution in [3.05, 3.63) is 68.2 Å². The van der Waals surface area contributed by atoms with Crippen LogP contribution in [0.4, 0.5) is 0 Å². The highest BCUT2D eigenvalue weighted by Crippen LogP contribution is 2.21. The summed E-state index contributed by atoms with van der Waals surface area (Å²) in [5, 5.41) is 11.9. The van der Waals surface area contributed by atoms with E-state index in [9.17, 15) is 4.79 Å². The van der Waals surface area contributed by atoms with Gasteiger partial charge in [-0.2, -0.15) is 10.2 Å². The number of hydrogen-bond donors (Lipinski definition) is 1. The Labute approximate surface area is 167 Å². The lowest BCUT2D eigenvalue weighted by Gasteiger charge is -2.09. The van der Waals surface area contributed by atoms with E-state index < -0.39 is 0 Å².